The number of phenolic OH excluding ortho intramolecular Hbond substituents is 1. The second-order valence-corrected chi connectivity index (χ2v) is 13.6. The van der Waals surface area contributed by atoms with Crippen molar-refractivity contribution in [2.75, 3.05) is 51.5 Å². The van der Waals surface area contributed by atoms with Gasteiger partial charge in [0.25, 0.3) is 0 Å². The van der Waals surface area contributed by atoms with Crippen molar-refractivity contribution in [3.63, 3.8) is 0 Å². The number of pyridine rings is 1. The van der Waals surface area contributed by atoms with E-state index < -0.39 is 11.6 Å². The lowest BCUT2D eigenvalue weighted by atomic mass is 9.75. The largest absolute Gasteiger partial charge is 0.508 e. The third kappa shape index (κ3) is 5.96. The number of aromatic hydroxyl groups is 1. The fraction of sp³-hybridized carbons (Fsp3) is 0.421. The molecule has 13 heteroatoms. The maximum absolute atomic E-state index is 17.2. The minimum Gasteiger partial charge on any atom is -0.508 e. The van der Waals surface area contributed by atoms with Gasteiger partial charge in [0.1, 0.15) is 40.2 Å². The number of piperidine rings is 1. The van der Waals surface area contributed by atoms with E-state index in [1.165, 1.54) is 31.4 Å². The zero-order valence-corrected chi connectivity index (χ0v) is 28.3. The number of hydrogen-bond acceptors (Lipinski definition) is 11. The Hall–Kier alpha value is -5.06. The summed E-state index contributed by atoms with van der Waals surface area (Å²) in [4.78, 5) is 18.7. The van der Waals surface area contributed by atoms with E-state index in [-0.39, 0.29) is 56.2 Å². The van der Waals surface area contributed by atoms with Gasteiger partial charge in [-0.25, -0.2) is 13.8 Å². The summed E-state index contributed by atoms with van der Waals surface area (Å²) in [6.45, 7) is 4.24. The molecule has 8 rings (SSSR count). The predicted octanol–water partition coefficient (Wildman–Crippen LogP) is 6.25. The SMILES string of the molecule is C#Cc1c(F)ccc2cc(O)cc(-c3nc(OC)c4c(N5CCCOCC5)nc(OC[C@]56CCCC5N(Cc5cnoc5)CCC6)nc4c3F)c12. The summed E-state index contributed by atoms with van der Waals surface area (Å²) in [5.41, 5.74) is 0.659. The first-order valence-electron chi connectivity index (χ1n) is 17.3. The number of terminal acetylenes is 1. The lowest BCUT2D eigenvalue weighted by molar-refractivity contribution is -0.00461. The number of halogens is 2. The van der Waals surface area contributed by atoms with Crippen LogP contribution in [0.4, 0.5) is 14.6 Å². The van der Waals surface area contributed by atoms with Gasteiger partial charge in [-0.3, -0.25) is 4.90 Å². The normalized spacial score (nSPS) is 21.1. The quantitative estimate of drug-likeness (QED) is 0.186. The van der Waals surface area contributed by atoms with Gasteiger partial charge >= 0.3 is 6.01 Å². The summed E-state index contributed by atoms with van der Waals surface area (Å²) in [5, 5.41) is 15.5. The van der Waals surface area contributed by atoms with Crippen LogP contribution in [0, 0.1) is 29.4 Å². The smallest absolute Gasteiger partial charge is 0.319 e. The van der Waals surface area contributed by atoms with E-state index in [0.29, 0.717) is 50.2 Å². The zero-order chi connectivity index (χ0) is 35.1. The minimum atomic E-state index is -0.807. The molecule has 0 spiro atoms. The number of anilines is 1. The summed E-state index contributed by atoms with van der Waals surface area (Å²) in [6.07, 6.45) is 15.1. The number of benzene rings is 2. The first-order chi connectivity index (χ1) is 24.9. The number of ether oxygens (including phenoxy) is 3. The number of phenols is 1. The van der Waals surface area contributed by atoms with Crippen LogP contribution in [-0.2, 0) is 11.3 Å². The van der Waals surface area contributed by atoms with Crippen molar-refractivity contribution < 1.29 is 32.6 Å². The molecule has 5 heterocycles. The van der Waals surface area contributed by atoms with Crippen LogP contribution in [-0.4, -0.2) is 82.7 Å². The maximum Gasteiger partial charge on any atom is 0.319 e. The van der Waals surface area contributed by atoms with Crippen molar-refractivity contribution in [3.8, 4) is 41.2 Å². The molecule has 1 N–H and O–H groups in total. The Morgan fingerprint density at radius 1 is 1.06 bits per heavy atom. The number of rotatable bonds is 8. The van der Waals surface area contributed by atoms with Gasteiger partial charge in [-0.2, -0.15) is 9.97 Å². The topological polar surface area (TPSA) is 119 Å². The van der Waals surface area contributed by atoms with Gasteiger partial charge in [0.05, 0.1) is 32.1 Å². The molecule has 1 aliphatic carbocycles. The second kappa shape index (κ2) is 13.6. The number of methoxy groups -OCH3 is 1. The molecule has 0 radical (unpaired) electrons. The summed E-state index contributed by atoms with van der Waals surface area (Å²) < 4.78 is 55.3. The number of likely N-dealkylation sites (tertiary alicyclic amines) is 1. The lowest BCUT2D eigenvalue weighted by Gasteiger charge is -2.46. The van der Waals surface area contributed by atoms with E-state index in [4.69, 9.17) is 30.1 Å². The first-order valence-corrected chi connectivity index (χ1v) is 17.3. The van der Waals surface area contributed by atoms with Gasteiger partial charge in [-0.15, -0.1) is 6.42 Å². The van der Waals surface area contributed by atoms with Crippen LogP contribution in [0.15, 0.2) is 41.2 Å². The molecule has 51 heavy (non-hydrogen) atoms. The van der Waals surface area contributed by atoms with E-state index in [9.17, 15) is 5.11 Å². The highest BCUT2D eigenvalue weighted by Gasteiger charge is 2.48. The van der Waals surface area contributed by atoms with Gasteiger partial charge in [-0.05, 0) is 62.2 Å². The molecule has 2 atom stereocenters. The summed E-state index contributed by atoms with van der Waals surface area (Å²) in [6, 6.07) is 5.78. The molecule has 264 valence electrons. The molecule has 0 bridgehead atoms. The zero-order valence-electron chi connectivity index (χ0n) is 28.3. The molecule has 2 saturated heterocycles. The van der Waals surface area contributed by atoms with Crippen molar-refractivity contribution in [3.05, 3.63) is 59.5 Å². The van der Waals surface area contributed by atoms with E-state index in [1.54, 1.807) is 12.5 Å². The van der Waals surface area contributed by atoms with Crippen LogP contribution in [0.3, 0.4) is 0 Å². The molecular formula is C38H38F2N6O5. The molecule has 2 aliphatic heterocycles. The van der Waals surface area contributed by atoms with Crippen molar-refractivity contribution in [2.24, 2.45) is 5.41 Å². The van der Waals surface area contributed by atoms with Crippen molar-refractivity contribution >= 4 is 27.5 Å². The molecular weight excluding hydrogens is 658 g/mol. The molecule has 3 fully saturated rings. The Balaban J connectivity index is 1.25. The summed E-state index contributed by atoms with van der Waals surface area (Å²) in [5.74, 6) is 1.25. The predicted molar refractivity (Wildman–Crippen MR) is 186 cm³/mol. The Morgan fingerprint density at radius 3 is 2.76 bits per heavy atom. The van der Waals surface area contributed by atoms with Crippen LogP contribution < -0.4 is 14.4 Å². The molecule has 11 nitrogen and oxygen atoms in total. The van der Waals surface area contributed by atoms with Crippen molar-refractivity contribution in [2.45, 2.75) is 51.1 Å². The first kappa shape index (κ1) is 33.1. The van der Waals surface area contributed by atoms with Gasteiger partial charge in [0.2, 0.25) is 5.88 Å². The van der Waals surface area contributed by atoms with E-state index in [1.807, 2.05) is 4.90 Å². The lowest BCUT2D eigenvalue weighted by Crippen LogP contribution is -2.51. The monoisotopic (exact) mass is 696 g/mol. The highest BCUT2D eigenvalue weighted by atomic mass is 19.1. The van der Waals surface area contributed by atoms with Crippen LogP contribution in [0.5, 0.6) is 17.6 Å². The Labute approximate surface area is 293 Å². The second-order valence-electron chi connectivity index (χ2n) is 13.6. The standard InChI is InChI=1S/C38H38F2N6O5/c1-3-26-28(39)9-8-24-17-25(47)18-27(30(24)26)33-32(40)34-31(36(42-33)48-2)35(45-13-6-15-49-16-14-45)44-37(43-34)50-22-38-10-4-7-29(38)46(12-5-11-38)20-23-19-41-51-21-23/h1,8-9,17-19,21,29,47H,4-7,10-16,20,22H2,2H3/t29?,38-/m1/s1. The summed E-state index contributed by atoms with van der Waals surface area (Å²) in [7, 11) is 1.43. The fourth-order valence-corrected chi connectivity index (χ4v) is 8.38. The third-order valence-electron chi connectivity index (χ3n) is 10.7. The van der Waals surface area contributed by atoms with Gasteiger partial charge in [0, 0.05) is 54.2 Å². The molecule has 1 unspecified atom stereocenters. The minimum absolute atomic E-state index is 0.0353. The van der Waals surface area contributed by atoms with E-state index in [0.717, 1.165) is 57.2 Å². The summed E-state index contributed by atoms with van der Waals surface area (Å²) >= 11 is 0. The maximum atomic E-state index is 17.2. The van der Waals surface area contributed by atoms with Crippen LogP contribution >= 0.6 is 0 Å². The van der Waals surface area contributed by atoms with Crippen LogP contribution in [0.2, 0.25) is 0 Å². The van der Waals surface area contributed by atoms with Crippen molar-refractivity contribution in [1.29, 1.82) is 0 Å². The van der Waals surface area contributed by atoms with Gasteiger partial charge < -0.3 is 28.7 Å². The Morgan fingerprint density at radius 2 is 1.94 bits per heavy atom. The molecule has 0 amide bonds. The van der Waals surface area contributed by atoms with Gasteiger partial charge in [0.15, 0.2) is 5.82 Å². The molecule has 3 aromatic heterocycles. The Bertz CT molecular complexity index is 2130. The van der Waals surface area contributed by atoms with Crippen molar-refractivity contribution in [1.82, 2.24) is 25.0 Å². The third-order valence-corrected chi connectivity index (χ3v) is 10.7. The van der Waals surface area contributed by atoms with Crippen LogP contribution in [0.1, 0.15) is 49.7 Å². The van der Waals surface area contributed by atoms with Crippen LogP contribution in [0.25, 0.3) is 32.9 Å². The van der Waals surface area contributed by atoms with Gasteiger partial charge in [-0.1, -0.05) is 23.6 Å². The average molecular weight is 697 g/mol. The highest BCUT2D eigenvalue weighted by Crippen LogP contribution is 2.49. The molecule has 2 aromatic carbocycles. The number of nitrogens with zero attached hydrogens (tertiary/aromatic N) is 6. The molecule has 1 saturated carbocycles. The van der Waals surface area contributed by atoms with E-state index >= 15 is 8.78 Å². The number of fused-ring (bicyclic) bond motifs is 3. The molecule has 3 aliphatic rings. The Kier molecular flexibility index (Phi) is 8.81. The average Bonchev–Trinajstić information content (AvgIpc) is 3.74. The molecule has 5 aromatic rings. The number of hydrogen-bond donors (Lipinski definition) is 1. The number of aromatic nitrogens is 4. The fourth-order valence-electron chi connectivity index (χ4n) is 8.38. The van der Waals surface area contributed by atoms with E-state index in [2.05, 4.69) is 25.9 Å². The highest BCUT2D eigenvalue weighted by molar-refractivity contribution is 6.04.